The molecule has 1 atom stereocenters. The summed E-state index contributed by atoms with van der Waals surface area (Å²) in [6, 6.07) is 13.2. The van der Waals surface area contributed by atoms with E-state index in [0.29, 0.717) is 22.7 Å². The fourth-order valence-electron chi connectivity index (χ4n) is 2.73. The Bertz CT molecular complexity index is 898. The van der Waals surface area contributed by atoms with Crippen molar-refractivity contribution in [1.82, 2.24) is 10.6 Å². The summed E-state index contributed by atoms with van der Waals surface area (Å²) >= 11 is 0. The van der Waals surface area contributed by atoms with E-state index in [1.165, 1.54) is 7.11 Å². The molecule has 0 spiro atoms. The van der Waals surface area contributed by atoms with Crippen molar-refractivity contribution in [2.75, 3.05) is 19.0 Å². The molecular formula is C19H19N3O5. The number of anilines is 1. The maximum absolute atomic E-state index is 12.2. The molecule has 8 heteroatoms. The fourth-order valence-corrected chi connectivity index (χ4v) is 2.73. The predicted molar refractivity (Wildman–Crippen MR) is 97.6 cm³/mol. The Morgan fingerprint density at radius 2 is 1.85 bits per heavy atom. The highest BCUT2D eigenvalue weighted by Gasteiger charge is 2.43. The maximum atomic E-state index is 12.2. The first-order chi connectivity index (χ1) is 12.9. The lowest BCUT2D eigenvalue weighted by Gasteiger charge is -2.21. The molecule has 1 heterocycles. The molecule has 4 amide bonds. The highest BCUT2D eigenvalue weighted by molar-refractivity contribution is 6.07. The van der Waals surface area contributed by atoms with Crippen LogP contribution in [-0.2, 0) is 15.1 Å². The second-order valence-corrected chi connectivity index (χ2v) is 6.10. The van der Waals surface area contributed by atoms with Gasteiger partial charge in [-0.25, -0.2) is 4.79 Å². The van der Waals surface area contributed by atoms with E-state index in [1.54, 1.807) is 55.5 Å². The molecule has 1 aliphatic rings. The molecule has 3 N–H and O–H groups in total. The van der Waals surface area contributed by atoms with Gasteiger partial charge in [0, 0.05) is 5.69 Å². The summed E-state index contributed by atoms with van der Waals surface area (Å²) in [4.78, 5) is 35.7. The largest absolute Gasteiger partial charge is 0.493 e. The summed E-state index contributed by atoms with van der Waals surface area (Å²) in [6.45, 7) is 1.39. The van der Waals surface area contributed by atoms with Crippen LogP contribution in [-0.4, -0.2) is 31.6 Å². The van der Waals surface area contributed by atoms with Crippen molar-refractivity contribution >= 4 is 23.5 Å². The van der Waals surface area contributed by atoms with Crippen molar-refractivity contribution in [3.8, 4) is 11.5 Å². The lowest BCUT2D eigenvalue weighted by Crippen LogP contribution is -2.40. The summed E-state index contributed by atoms with van der Waals surface area (Å²) in [5, 5.41) is 7.50. The van der Waals surface area contributed by atoms with Crippen LogP contribution in [0.3, 0.4) is 0 Å². The van der Waals surface area contributed by atoms with Gasteiger partial charge in [-0.3, -0.25) is 14.9 Å². The van der Waals surface area contributed by atoms with Gasteiger partial charge in [0.15, 0.2) is 18.1 Å². The van der Waals surface area contributed by atoms with Crippen LogP contribution >= 0.6 is 0 Å². The monoisotopic (exact) mass is 369 g/mol. The van der Waals surface area contributed by atoms with Crippen LogP contribution in [0.5, 0.6) is 11.5 Å². The van der Waals surface area contributed by atoms with Crippen molar-refractivity contribution in [2.24, 2.45) is 0 Å². The third-order valence-corrected chi connectivity index (χ3v) is 4.20. The van der Waals surface area contributed by atoms with E-state index in [4.69, 9.17) is 9.47 Å². The summed E-state index contributed by atoms with van der Waals surface area (Å²) in [7, 11) is 1.52. The minimum Gasteiger partial charge on any atom is -0.493 e. The van der Waals surface area contributed by atoms with Crippen LogP contribution in [0, 0.1) is 0 Å². The van der Waals surface area contributed by atoms with Crippen LogP contribution in [0.25, 0.3) is 0 Å². The molecule has 0 saturated carbocycles. The Labute approximate surface area is 155 Å². The Hall–Kier alpha value is -3.55. The molecule has 1 fully saturated rings. The third kappa shape index (κ3) is 3.84. The van der Waals surface area contributed by atoms with Gasteiger partial charge in [0.1, 0.15) is 5.54 Å². The Kier molecular flexibility index (Phi) is 4.98. The SMILES string of the molecule is COc1ccccc1OCC(=O)Nc1cccc([C@]2(C)NC(=O)NC2=O)c1. The summed E-state index contributed by atoms with van der Waals surface area (Å²) in [5.41, 5.74) is -0.156. The zero-order chi connectivity index (χ0) is 19.4. The molecule has 0 aliphatic carbocycles. The molecule has 0 bridgehead atoms. The molecule has 27 heavy (non-hydrogen) atoms. The number of hydrogen-bond donors (Lipinski definition) is 3. The number of benzene rings is 2. The molecule has 140 valence electrons. The predicted octanol–water partition coefficient (Wildman–Crippen LogP) is 1.77. The Balaban J connectivity index is 1.67. The average molecular weight is 369 g/mol. The Morgan fingerprint density at radius 1 is 1.11 bits per heavy atom. The number of hydrogen-bond acceptors (Lipinski definition) is 5. The first-order valence-corrected chi connectivity index (χ1v) is 8.22. The maximum Gasteiger partial charge on any atom is 0.322 e. The van der Waals surface area contributed by atoms with Gasteiger partial charge in [-0.1, -0.05) is 24.3 Å². The molecule has 1 saturated heterocycles. The third-order valence-electron chi connectivity index (χ3n) is 4.20. The lowest BCUT2D eigenvalue weighted by atomic mass is 9.92. The summed E-state index contributed by atoms with van der Waals surface area (Å²) in [5.74, 6) is 0.170. The van der Waals surface area contributed by atoms with E-state index < -0.39 is 17.5 Å². The normalized spacial score (nSPS) is 18.4. The minimum atomic E-state index is -1.19. The Morgan fingerprint density at radius 3 is 2.52 bits per heavy atom. The van der Waals surface area contributed by atoms with Crippen molar-refractivity contribution in [3.63, 3.8) is 0 Å². The number of rotatable bonds is 6. The molecular weight excluding hydrogens is 350 g/mol. The number of imide groups is 1. The molecule has 0 aromatic heterocycles. The van der Waals surface area contributed by atoms with Crippen LogP contribution in [0.1, 0.15) is 12.5 Å². The molecule has 2 aromatic carbocycles. The van der Waals surface area contributed by atoms with Gasteiger partial charge in [0.2, 0.25) is 0 Å². The number of ether oxygens (including phenoxy) is 2. The van der Waals surface area contributed by atoms with Gasteiger partial charge in [-0.05, 0) is 36.8 Å². The highest BCUT2D eigenvalue weighted by atomic mass is 16.5. The van der Waals surface area contributed by atoms with E-state index >= 15 is 0 Å². The number of nitrogens with one attached hydrogen (secondary N) is 3. The number of carbonyl (C=O) groups is 3. The first-order valence-electron chi connectivity index (χ1n) is 8.22. The standard InChI is InChI=1S/C19H19N3O5/c1-19(17(24)21-18(25)22-19)12-6-5-7-13(10-12)20-16(23)11-27-15-9-4-3-8-14(15)26-2/h3-10H,11H2,1-2H3,(H,20,23)(H2,21,22,24,25)/t19-/m0/s1. The summed E-state index contributed by atoms with van der Waals surface area (Å²) in [6.07, 6.45) is 0. The number of para-hydroxylation sites is 2. The number of methoxy groups -OCH3 is 1. The van der Waals surface area contributed by atoms with Gasteiger partial charge >= 0.3 is 6.03 Å². The second kappa shape index (κ2) is 7.36. The van der Waals surface area contributed by atoms with E-state index in [-0.39, 0.29) is 12.5 Å². The van der Waals surface area contributed by atoms with Crippen molar-refractivity contribution in [1.29, 1.82) is 0 Å². The van der Waals surface area contributed by atoms with E-state index in [0.717, 1.165) is 0 Å². The van der Waals surface area contributed by atoms with Crippen LogP contribution in [0.2, 0.25) is 0 Å². The van der Waals surface area contributed by atoms with Gasteiger partial charge in [-0.2, -0.15) is 0 Å². The van der Waals surface area contributed by atoms with E-state index in [9.17, 15) is 14.4 Å². The van der Waals surface area contributed by atoms with Gasteiger partial charge in [0.25, 0.3) is 11.8 Å². The van der Waals surface area contributed by atoms with Gasteiger partial charge < -0.3 is 20.1 Å². The smallest absolute Gasteiger partial charge is 0.322 e. The summed E-state index contributed by atoms with van der Waals surface area (Å²) < 4.78 is 10.7. The molecule has 2 aromatic rings. The molecule has 3 rings (SSSR count). The van der Waals surface area contributed by atoms with Crippen LogP contribution in [0.4, 0.5) is 10.5 Å². The van der Waals surface area contributed by atoms with Crippen molar-refractivity contribution in [2.45, 2.75) is 12.5 Å². The average Bonchev–Trinajstić information content (AvgIpc) is 2.93. The minimum absolute atomic E-state index is 0.209. The molecule has 1 aliphatic heterocycles. The van der Waals surface area contributed by atoms with Gasteiger partial charge in [0.05, 0.1) is 7.11 Å². The lowest BCUT2D eigenvalue weighted by molar-refractivity contribution is -0.123. The zero-order valence-electron chi connectivity index (χ0n) is 14.9. The van der Waals surface area contributed by atoms with E-state index in [1.807, 2.05) is 0 Å². The van der Waals surface area contributed by atoms with Crippen LogP contribution < -0.4 is 25.4 Å². The number of carbonyl (C=O) groups excluding carboxylic acids is 3. The van der Waals surface area contributed by atoms with E-state index in [2.05, 4.69) is 16.0 Å². The first kappa shape index (κ1) is 18.2. The zero-order valence-corrected chi connectivity index (χ0v) is 14.9. The quantitative estimate of drug-likeness (QED) is 0.673. The molecule has 0 unspecified atom stereocenters. The molecule has 8 nitrogen and oxygen atoms in total. The van der Waals surface area contributed by atoms with Gasteiger partial charge in [-0.15, -0.1) is 0 Å². The van der Waals surface area contributed by atoms with Crippen molar-refractivity contribution in [3.05, 3.63) is 54.1 Å². The molecule has 0 radical (unpaired) electrons. The van der Waals surface area contributed by atoms with Crippen molar-refractivity contribution < 1.29 is 23.9 Å². The topological polar surface area (TPSA) is 106 Å². The highest BCUT2D eigenvalue weighted by Crippen LogP contribution is 2.27. The second-order valence-electron chi connectivity index (χ2n) is 6.10. The number of urea groups is 1. The fraction of sp³-hybridized carbons (Fsp3) is 0.211. The number of amides is 4. The van der Waals surface area contributed by atoms with Crippen LogP contribution in [0.15, 0.2) is 48.5 Å².